The molecular formula is C17H21N. The SMILES string of the molecule is C=C/C=C(\C=C)C(CC)=Nc1cc(C)ccc1C. The van der Waals surface area contributed by atoms with E-state index in [1.165, 1.54) is 11.1 Å². The molecule has 0 atom stereocenters. The summed E-state index contributed by atoms with van der Waals surface area (Å²) in [6.07, 6.45) is 6.42. The van der Waals surface area contributed by atoms with Crippen LogP contribution in [0, 0.1) is 13.8 Å². The molecule has 0 bridgehead atoms. The fourth-order valence-corrected chi connectivity index (χ4v) is 1.74. The van der Waals surface area contributed by atoms with Gasteiger partial charge in [-0.2, -0.15) is 0 Å². The number of aliphatic imine (C=N–C) groups is 1. The van der Waals surface area contributed by atoms with Gasteiger partial charge in [0.05, 0.1) is 5.69 Å². The molecule has 0 unspecified atom stereocenters. The molecule has 0 radical (unpaired) electrons. The molecule has 0 N–H and O–H groups in total. The van der Waals surface area contributed by atoms with Gasteiger partial charge in [-0.05, 0) is 43.0 Å². The van der Waals surface area contributed by atoms with Gasteiger partial charge in [-0.25, -0.2) is 0 Å². The monoisotopic (exact) mass is 239 g/mol. The molecule has 18 heavy (non-hydrogen) atoms. The highest BCUT2D eigenvalue weighted by Gasteiger charge is 2.03. The van der Waals surface area contributed by atoms with Crippen LogP contribution in [-0.2, 0) is 0 Å². The van der Waals surface area contributed by atoms with Crippen LogP contribution in [0.1, 0.15) is 24.5 Å². The van der Waals surface area contributed by atoms with Gasteiger partial charge in [-0.3, -0.25) is 4.99 Å². The fourth-order valence-electron chi connectivity index (χ4n) is 1.74. The van der Waals surface area contributed by atoms with Gasteiger partial charge in [-0.15, -0.1) is 0 Å². The van der Waals surface area contributed by atoms with Gasteiger partial charge in [0, 0.05) is 5.71 Å². The molecule has 1 aromatic carbocycles. The van der Waals surface area contributed by atoms with Gasteiger partial charge < -0.3 is 0 Å². The van der Waals surface area contributed by atoms with Gasteiger partial charge in [0.15, 0.2) is 0 Å². The quantitative estimate of drug-likeness (QED) is 0.501. The Morgan fingerprint density at radius 1 is 1.28 bits per heavy atom. The van der Waals surface area contributed by atoms with E-state index < -0.39 is 0 Å². The number of hydrogen-bond donors (Lipinski definition) is 0. The van der Waals surface area contributed by atoms with Gasteiger partial charge in [0.2, 0.25) is 0 Å². The summed E-state index contributed by atoms with van der Waals surface area (Å²) in [5, 5.41) is 0. The summed E-state index contributed by atoms with van der Waals surface area (Å²) in [5.41, 5.74) is 5.52. The van der Waals surface area contributed by atoms with Crippen LogP contribution in [0.15, 0.2) is 60.2 Å². The molecule has 94 valence electrons. The van der Waals surface area contributed by atoms with Crippen molar-refractivity contribution in [3.63, 3.8) is 0 Å². The van der Waals surface area contributed by atoms with E-state index in [0.717, 1.165) is 23.4 Å². The molecule has 0 aliphatic rings. The van der Waals surface area contributed by atoms with E-state index in [2.05, 4.69) is 52.1 Å². The molecule has 0 saturated heterocycles. The minimum absolute atomic E-state index is 0.874. The van der Waals surface area contributed by atoms with Crippen molar-refractivity contribution < 1.29 is 0 Å². The van der Waals surface area contributed by atoms with Crippen LogP contribution in [0.3, 0.4) is 0 Å². The molecule has 0 aliphatic carbocycles. The number of aryl methyl sites for hydroxylation is 2. The van der Waals surface area contributed by atoms with Gasteiger partial charge in [0.25, 0.3) is 0 Å². The molecule has 1 heteroatoms. The second-order valence-corrected chi connectivity index (χ2v) is 4.26. The first-order valence-corrected chi connectivity index (χ1v) is 6.22. The van der Waals surface area contributed by atoms with Crippen LogP contribution >= 0.6 is 0 Å². The molecule has 0 heterocycles. The number of nitrogens with zero attached hydrogens (tertiary/aromatic N) is 1. The number of rotatable bonds is 5. The lowest BCUT2D eigenvalue weighted by Gasteiger charge is -2.07. The second kappa shape index (κ2) is 6.75. The summed E-state index contributed by atoms with van der Waals surface area (Å²) < 4.78 is 0. The smallest absolute Gasteiger partial charge is 0.0664 e. The molecule has 1 aromatic rings. The highest BCUT2D eigenvalue weighted by molar-refractivity contribution is 6.04. The van der Waals surface area contributed by atoms with Crippen molar-refractivity contribution in [2.45, 2.75) is 27.2 Å². The van der Waals surface area contributed by atoms with E-state index in [1.807, 2.05) is 12.2 Å². The Morgan fingerprint density at radius 3 is 2.56 bits per heavy atom. The summed E-state index contributed by atoms with van der Waals surface area (Å²) in [6, 6.07) is 6.32. The Morgan fingerprint density at radius 2 is 2.00 bits per heavy atom. The van der Waals surface area contributed by atoms with Crippen LogP contribution < -0.4 is 0 Å². The predicted molar refractivity (Wildman–Crippen MR) is 81.8 cm³/mol. The highest BCUT2D eigenvalue weighted by atomic mass is 14.8. The summed E-state index contributed by atoms with van der Waals surface area (Å²) in [7, 11) is 0. The van der Waals surface area contributed by atoms with Crippen LogP contribution in [0.4, 0.5) is 5.69 Å². The van der Waals surface area contributed by atoms with Crippen molar-refractivity contribution in [2.24, 2.45) is 4.99 Å². The van der Waals surface area contributed by atoms with Crippen LogP contribution in [-0.4, -0.2) is 5.71 Å². The first kappa shape index (κ1) is 14.2. The van der Waals surface area contributed by atoms with Crippen molar-refractivity contribution >= 4 is 11.4 Å². The topological polar surface area (TPSA) is 12.4 Å². The normalized spacial score (nSPS) is 12.4. The molecule has 0 spiro atoms. The summed E-state index contributed by atoms with van der Waals surface area (Å²) in [4.78, 5) is 4.76. The lowest BCUT2D eigenvalue weighted by molar-refractivity contribution is 1.25. The maximum absolute atomic E-state index is 4.76. The Bertz CT molecular complexity index is 504. The van der Waals surface area contributed by atoms with E-state index in [9.17, 15) is 0 Å². The third-order valence-corrected chi connectivity index (χ3v) is 2.81. The van der Waals surface area contributed by atoms with Crippen molar-refractivity contribution in [2.75, 3.05) is 0 Å². The van der Waals surface area contributed by atoms with Gasteiger partial charge in [0.1, 0.15) is 0 Å². The van der Waals surface area contributed by atoms with E-state index in [4.69, 9.17) is 4.99 Å². The Balaban J connectivity index is 3.26. The second-order valence-electron chi connectivity index (χ2n) is 4.26. The van der Waals surface area contributed by atoms with Crippen molar-refractivity contribution in [3.05, 3.63) is 66.3 Å². The highest BCUT2D eigenvalue weighted by Crippen LogP contribution is 2.22. The van der Waals surface area contributed by atoms with Gasteiger partial charge in [-0.1, -0.05) is 50.4 Å². The van der Waals surface area contributed by atoms with E-state index in [0.29, 0.717) is 0 Å². The summed E-state index contributed by atoms with van der Waals surface area (Å²) in [6.45, 7) is 13.8. The molecule has 0 aromatic heterocycles. The average molecular weight is 239 g/mol. The Labute approximate surface area is 110 Å². The maximum Gasteiger partial charge on any atom is 0.0664 e. The minimum atomic E-state index is 0.874. The average Bonchev–Trinajstić information content (AvgIpc) is 2.37. The molecule has 0 saturated carbocycles. The van der Waals surface area contributed by atoms with Crippen molar-refractivity contribution in [1.82, 2.24) is 0 Å². The van der Waals surface area contributed by atoms with Crippen LogP contribution in [0.5, 0.6) is 0 Å². The van der Waals surface area contributed by atoms with E-state index >= 15 is 0 Å². The van der Waals surface area contributed by atoms with Crippen LogP contribution in [0.25, 0.3) is 0 Å². The van der Waals surface area contributed by atoms with Gasteiger partial charge >= 0.3 is 0 Å². The van der Waals surface area contributed by atoms with Crippen molar-refractivity contribution in [3.8, 4) is 0 Å². The van der Waals surface area contributed by atoms with E-state index in [-0.39, 0.29) is 0 Å². The minimum Gasteiger partial charge on any atom is -0.253 e. The molecular weight excluding hydrogens is 218 g/mol. The standard InChI is InChI=1S/C17H21N/c1-6-9-15(7-2)16(8-3)18-17-12-13(4)10-11-14(17)5/h6-7,9-12H,1-2,8H2,3-5H3/b15-9+,18-16?. The Kier molecular flexibility index (Phi) is 5.31. The lowest BCUT2D eigenvalue weighted by Crippen LogP contribution is -1.98. The Hall–Kier alpha value is -1.89. The number of allylic oxidation sites excluding steroid dienone is 4. The third-order valence-electron chi connectivity index (χ3n) is 2.81. The molecule has 0 fully saturated rings. The fraction of sp³-hybridized carbons (Fsp3) is 0.235. The number of benzene rings is 1. The van der Waals surface area contributed by atoms with Crippen LogP contribution in [0.2, 0.25) is 0 Å². The molecule has 1 nitrogen and oxygen atoms in total. The summed E-state index contributed by atoms with van der Waals surface area (Å²) in [5.74, 6) is 0. The predicted octanol–water partition coefficient (Wildman–Crippen LogP) is 5.08. The zero-order valence-corrected chi connectivity index (χ0v) is 11.5. The maximum atomic E-state index is 4.76. The molecule has 0 amide bonds. The largest absolute Gasteiger partial charge is 0.253 e. The third kappa shape index (κ3) is 3.56. The first-order chi connectivity index (χ1) is 8.62. The van der Waals surface area contributed by atoms with E-state index in [1.54, 1.807) is 6.08 Å². The summed E-state index contributed by atoms with van der Waals surface area (Å²) >= 11 is 0. The molecule has 0 aliphatic heterocycles. The first-order valence-electron chi connectivity index (χ1n) is 6.22. The zero-order chi connectivity index (χ0) is 13.5. The number of hydrogen-bond acceptors (Lipinski definition) is 1. The molecule has 1 rings (SSSR count). The zero-order valence-electron chi connectivity index (χ0n) is 11.5. The van der Waals surface area contributed by atoms with Crippen molar-refractivity contribution in [1.29, 1.82) is 0 Å². The lowest BCUT2D eigenvalue weighted by atomic mass is 10.1.